The first-order valence-electron chi connectivity index (χ1n) is 14.1. The molecule has 10 heteroatoms. The summed E-state index contributed by atoms with van der Waals surface area (Å²) in [5.74, 6) is 0.660. The van der Waals surface area contributed by atoms with Crippen molar-refractivity contribution in [1.29, 1.82) is 0 Å². The van der Waals surface area contributed by atoms with E-state index in [0.717, 1.165) is 5.69 Å². The van der Waals surface area contributed by atoms with Gasteiger partial charge in [0, 0.05) is 38.8 Å². The van der Waals surface area contributed by atoms with Gasteiger partial charge in [0.1, 0.15) is 18.1 Å². The summed E-state index contributed by atoms with van der Waals surface area (Å²) in [4.78, 5) is 31.3. The van der Waals surface area contributed by atoms with Crippen LogP contribution in [0.5, 0.6) is 5.75 Å². The standard InChI is InChI=1S/C30H38N6O4/c1-22(2)20-35(25-17-23(18-31-19-25)29(37)34-13-15-39-16-14-34)30(38)28-27(21-40-26-11-7-4-8-12-26)36(33-32-28)24-9-5-3-6-10-24/h3-12,22-23,25,31H,13-21H2,1-2H3/t23-,25+/m1/s1. The lowest BCUT2D eigenvalue weighted by Crippen LogP contribution is -2.56. The summed E-state index contributed by atoms with van der Waals surface area (Å²) in [5.41, 5.74) is 1.65. The number of benzene rings is 2. The van der Waals surface area contributed by atoms with Gasteiger partial charge in [0.25, 0.3) is 5.91 Å². The van der Waals surface area contributed by atoms with E-state index in [1.54, 1.807) is 4.68 Å². The van der Waals surface area contributed by atoms with Gasteiger partial charge in [0.05, 0.1) is 24.8 Å². The number of nitrogens with one attached hydrogen (secondary N) is 1. The molecule has 3 aromatic rings. The zero-order valence-corrected chi connectivity index (χ0v) is 23.2. The number of aromatic nitrogens is 3. The minimum absolute atomic E-state index is 0.129. The quantitative estimate of drug-likeness (QED) is 0.440. The van der Waals surface area contributed by atoms with Crippen LogP contribution in [-0.4, -0.2) is 88.6 Å². The molecule has 1 N–H and O–H groups in total. The van der Waals surface area contributed by atoms with E-state index in [-0.39, 0.29) is 42.0 Å². The number of amides is 2. The number of piperidine rings is 1. The Bertz CT molecular complexity index is 1260. The third-order valence-electron chi connectivity index (χ3n) is 7.35. The molecule has 5 rings (SSSR count). The number of carbonyl (C=O) groups excluding carboxylic acids is 2. The summed E-state index contributed by atoms with van der Waals surface area (Å²) >= 11 is 0. The van der Waals surface area contributed by atoms with Crippen molar-refractivity contribution in [2.75, 3.05) is 45.9 Å². The van der Waals surface area contributed by atoms with E-state index in [1.807, 2.05) is 70.5 Å². The molecule has 0 saturated carbocycles. The molecule has 0 aliphatic carbocycles. The number of nitrogens with zero attached hydrogens (tertiary/aromatic N) is 5. The van der Waals surface area contributed by atoms with Crippen molar-refractivity contribution in [3.8, 4) is 11.4 Å². The van der Waals surface area contributed by atoms with Crippen molar-refractivity contribution >= 4 is 11.8 Å². The van der Waals surface area contributed by atoms with Crippen LogP contribution in [0.2, 0.25) is 0 Å². The van der Waals surface area contributed by atoms with Gasteiger partial charge >= 0.3 is 0 Å². The van der Waals surface area contributed by atoms with Crippen LogP contribution in [0.15, 0.2) is 60.7 Å². The number of para-hydroxylation sites is 2. The topological polar surface area (TPSA) is 102 Å². The lowest BCUT2D eigenvalue weighted by atomic mass is 9.92. The van der Waals surface area contributed by atoms with Crippen LogP contribution in [0, 0.1) is 11.8 Å². The van der Waals surface area contributed by atoms with Crippen LogP contribution in [0.3, 0.4) is 0 Å². The van der Waals surface area contributed by atoms with Gasteiger partial charge in [0.15, 0.2) is 5.69 Å². The Morgan fingerprint density at radius 2 is 1.75 bits per heavy atom. The van der Waals surface area contributed by atoms with Gasteiger partial charge < -0.3 is 24.6 Å². The van der Waals surface area contributed by atoms with Crippen LogP contribution in [0.4, 0.5) is 0 Å². The first-order chi connectivity index (χ1) is 19.5. The maximum Gasteiger partial charge on any atom is 0.276 e. The van der Waals surface area contributed by atoms with Crippen molar-refractivity contribution in [3.63, 3.8) is 0 Å². The zero-order valence-electron chi connectivity index (χ0n) is 23.2. The normalized spacial score (nSPS) is 19.4. The fourth-order valence-corrected chi connectivity index (χ4v) is 5.36. The molecule has 2 saturated heterocycles. The second-order valence-corrected chi connectivity index (χ2v) is 10.8. The number of carbonyl (C=O) groups is 2. The molecule has 1 aromatic heterocycles. The highest BCUT2D eigenvalue weighted by Gasteiger charge is 2.37. The molecule has 2 amide bonds. The summed E-state index contributed by atoms with van der Waals surface area (Å²) in [6.45, 7) is 8.44. The predicted molar refractivity (Wildman–Crippen MR) is 150 cm³/mol. The molecule has 2 aliphatic rings. The van der Waals surface area contributed by atoms with E-state index in [1.165, 1.54) is 0 Å². The van der Waals surface area contributed by atoms with E-state index in [0.29, 0.717) is 63.8 Å². The summed E-state index contributed by atoms with van der Waals surface area (Å²) in [6, 6.07) is 19.0. The van der Waals surface area contributed by atoms with Gasteiger partial charge in [-0.15, -0.1) is 5.10 Å². The van der Waals surface area contributed by atoms with Crippen molar-refractivity contribution in [3.05, 3.63) is 72.1 Å². The van der Waals surface area contributed by atoms with Crippen LogP contribution < -0.4 is 10.1 Å². The van der Waals surface area contributed by atoms with Gasteiger partial charge in [-0.05, 0) is 36.6 Å². The summed E-state index contributed by atoms with van der Waals surface area (Å²) in [7, 11) is 0. The summed E-state index contributed by atoms with van der Waals surface area (Å²) < 4.78 is 13.2. The van der Waals surface area contributed by atoms with E-state index in [2.05, 4.69) is 29.5 Å². The van der Waals surface area contributed by atoms with Crippen LogP contribution in [0.25, 0.3) is 5.69 Å². The third kappa shape index (κ3) is 6.51. The van der Waals surface area contributed by atoms with Gasteiger partial charge in [0.2, 0.25) is 5.91 Å². The fraction of sp³-hybridized carbons (Fsp3) is 0.467. The molecular formula is C30H38N6O4. The molecule has 0 unspecified atom stereocenters. The molecule has 2 aliphatic heterocycles. The van der Waals surface area contributed by atoms with Crippen molar-refractivity contribution in [1.82, 2.24) is 30.1 Å². The molecular weight excluding hydrogens is 508 g/mol. The monoisotopic (exact) mass is 546 g/mol. The molecule has 0 bridgehead atoms. The number of morpholine rings is 1. The molecule has 10 nitrogen and oxygen atoms in total. The highest BCUT2D eigenvalue weighted by Crippen LogP contribution is 2.24. The van der Waals surface area contributed by atoms with Crippen LogP contribution >= 0.6 is 0 Å². The SMILES string of the molecule is CC(C)CN(C(=O)c1nnn(-c2ccccc2)c1COc1ccccc1)[C@@H]1CNC[C@H](C(=O)N2CCOCC2)C1. The lowest BCUT2D eigenvalue weighted by molar-refractivity contribution is -0.140. The molecule has 2 aromatic carbocycles. The van der Waals surface area contributed by atoms with E-state index in [9.17, 15) is 9.59 Å². The van der Waals surface area contributed by atoms with Crippen molar-refractivity contribution < 1.29 is 19.1 Å². The predicted octanol–water partition coefficient (Wildman–Crippen LogP) is 2.78. The van der Waals surface area contributed by atoms with Crippen LogP contribution in [0.1, 0.15) is 36.5 Å². The molecule has 40 heavy (non-hydrogen) atoms. The Hall–Kier alpha value is -3.76. The number of hydrogen-bond acceptors (Lipinski definition) is 7. The summed E-state index contributed by atoms with van der Waals surface area (Å²) in [6.07, 6.45) is 0.602. The molecule has 2 atom stereocenters. The third-order valence-corrected chi connectivity index (χ3v) is 7.35. The van der Waals surface area contributed by atoms with Crippen LogP contribution in [-0.2, 0) is 16.1 Å². The average molecular weight is 547 g/mol. The minimum atomic E-state index is -0.200. The summed E-state index contributed by atoms with van der Waals surface area (Å²) in [5, 5.41) is 12.2. The Balaban J connectivity index is 1.41. The Morgan fingerprint density at radius 1 is 1.05 bits per heavy atom. The average Bonchev–Trinajstić information content (AvgIpc) is 3.43. The highest BCUT2D eigenvalue weighted by atomic mass is 16.5. The second kappa shape index (κ2) is 13.1. The van der Waals surface area contributed by atoms with Gasteiger partial charge in [-0.25, -0.2) is 4.68 Å². The maximum atomic E-state index is 14.2. The Labute approximate surface area is 235 Å². The first kappa shape index (κ1) is 27.8. The molecule has 3 heterocycles. The fourth-order valence-electron chi connectivity index (χ4n) is 5.36. The second-order valence-electron chi connectivity index (χ2n) is 10.8. The van der Waals surface area contributed by atoms with Crippen molar-refractivity contribution in [2.45, 2.75) is 32.9 Å². The zero-order chi connectivity index (χ0) is 27.9. The number of rotatable bonds is 9. The van der Waals surface area contributed by atoms with Gasteiger partial charge in [-0.1, -0.05) is 55.5 Å². The molecule has 2 fully saturated rings. The van der Waals surface area contributed by atoms with Gasteiger partial charge in [-0.3, -0.25) is 9.59 Å². The Kier molecular flexibility index (Phi) is 9.08. The highest BCUT2D eigenvalue weighted by molar-refractivity contribution is 5.93. The van der Waals surface area contributed by atoms with E-state index in [4.69, 9.17) is 9.47 Å². The van der Waals surface area contributed by atoms with E-state index >= 15 is 0 Å². The molecule has 212 valence electrons. The molecule has 0 radical (unpaired) electrons. The lowest BCUT2D eigenvalue weighted by Gasteiger charge is -2.40. The maximum absolute atomic E-state index is 14.2. The van der Waals surface area contributed by atoms with E-state index < -0.39 is 0 Å². The van der Waals surface area contributed by atoms with Gasteiger partial charge in [-0.2, -0.15) is 0 Å². The largest absolute Gasteiger partial charge is 0.487 e. The first-order valence-corrected chi connectivity index (χ1v) is 14.1. The Morgan fingerprint density at radius 3 is 2.45 bits per heavy atom. The minimum Gasteiger partial charge on any atom is -0.487 e. The number of hydrogen-bond donors (Lipinski definition) is 1. The smallest absolute Gasteiger partial charge is 0.276 e. The van der Waals surface area contributed by atoms with Crippen molar-refractivity contribution in [2.24, 2.45) is 11.8 Å². The molecule has 0 spiro atoms. The number of ether oxygens (including phenoxy) is 2.